The van der Waals surface area contributed by atoms with Crippen molar-refractivity contribution in [2.45, 2.75) is 11.8 Å². The molecular weight excluding hydrogens is 284 g/mol. The molecule has 8 heteroatoms. The number of aromatic carboxylic acids is 1. The molecule has 0 spiro atoms. The van der Waals surface area contributed by atoms with E-state index in [1.54, 1.807) is 0 Å². The predicted molar refractivity (Wildman–Crippen MR) is 74.0 cm³/mol. The van der Waals surface area contributed by atoms with E-state index < -0.39 is 16.0 Å². The number of nitrogens with one attached hydrogen (secondary N) is 1. The molecule has 0 fully saturated rings. The molecule has 112 valence electrons. The summed E-state index contributed by atoms with van der Waals surface area (Å²) in [6, 6.07) is 3.50. The number of anilines is 1. The molecule has 4 N–H and O–H groups in total. The Morgan fingerprint density at radius 1 is 1.50 bits per heavy atom. The van der Waals surface area contributed by atoms with Crippen LogP contribution in [0.15, 0.2) is 23.1 Å². The number of carboxylic acid groups (broad SMARTS) is 1. The minimum Gasteiger partial charge on any atom is -0.478 e. The van der Waals surface area contributed by atoms with Crippen LogP contribution in [0.2, 0.25) is 0 Å². The molecule has 1 aromatic rings. The maximum atomic E-state index is 12.1. The van der Waals surface area contributed by atoms with Gasteiger partial charge in [0.2, 0.25) is 10.0 Å². The molecule has 0 bridgehead atoms. The molecule has 0 aliphatic rings. The molecule has 0 amide bonds. The fourth-order valence-electron chi connectivity index (χ4n) is 1.60. The second-order valence-electron chi connectivity index (χ2n) is 4.47. The Morgan fingerprint density at radius 2 is 2.15 bits per heavy atom. The van der Waals surface area contributed by atoms with E-state index >= 15 is 0 Å². The van der Waals surface area contributed by atoms with Crippen molar-refractivity contribution in [1.29, 1.82) is 0 Å². The number of methoxy groups -OCH3 is 1. The lowest BCUT2D eigenvalue weighted by molar-refractivity contribution is 0.0697. The number of hydrogen-bond acceptors (Lipinski definition) is 5. The molecule has 0 aliphatic carbocycles. The van der Waals surface area contributed by atoms with Crippen molar-refractivity contribution in [2.24, 2.45) is 5.92 Å². The third-order valence-electron chi connectivity index (χ3n) is 2.62. The summed E-state index contributed by atoms with van der Waals surface area (Å²) in [6.07, 6.45) is 0. The Morgan fingerprint density at radius 3 is 2.65 bits per heavy atom. The van der Waals surface area contributed by atoms with Crippen LogP contribution in [0.5, 0.6) is 0 Å². The van der Waals surface area contributed by atoms with Gasteiger partial charge < -0.3 is 15.6 Å². The molecule has 7 nitrogen and oxygen atoms in total. The summed E-state index contributed by atoms with van der Waals surface area (Å²) in [6.45, 7) is 2.47. The van der Waals surface area contributed by atoms with Crippen molar-refractivity contribution in [2.75, 3.05) is 26.0 Å². The van der Waals surface area contributed by atoms with E-state index in [-0.39, 0.29) is 28.6 Å². The van der Waals surface area contributed by atoms with Gasteiger partial charge in [-0.25, -0.2) is 17.9 Å². The lowest BCUT2D eigenvalue weighted by Crippen LogP contribution is -2.30. The number of benzene rings is 1. The highest BCUT2D eigenvalue weighted by molar-refractivity contribution is 7.89. The van der Waals surface area contributed by atoms with Gasteiger partial charge in [0, 0.05) is 20.3 Å². The Balaban J connectivity index is 2.90. The Bertz CT molecular complexity index is 586. The van der Waals surface area contributed by atoms with Gasteiger partial charge in [-0.05, 0) is 24.1 Å². The van der Waals surface area contributed by atoms with Crippen LogP contribution in [0.3, 0.4) is 0 Å². The Hall–Kier alpha value is -1.64. The third-order valence-corrected chi connectivity index (χ3v) is 4.12. The van der Waals surface area contributed by atoms with Crippen molar-refractivity contribution in [1.82, 2.24) is 4.72 Å². The second-order valence-corrected chi connectivity index (χ2v) is 6.21. The number of nitrogens with two attached hydrogens (primary N) is 1. The van der Waals surface area contributed by atoms with Gasteiger partial charge in [-0.2, -0.15) is 0 Å². The maximum absolute atomic E-state index is 12.1. The maximum Gasteiger partial charge on any atom is 0.335 e. The van der Waals surface area contributed by atoms with Gasteiger partial charge in [-0.1, -0.05) is 6.92 Å². The van der Waals surface area contributed by atoms with Gasteiger partial charge >= 0.3 is 5.97 Å². The fourth-order valence-corrected chi connectivity index (χ4v) is 2.88. The van der Waals surface area contributed by atoms with Crippen molar-refractivity contribution in [3.05, 3.63) is 23.8 Å². The molecule has 1 aromatic carbocycles. The van der Waals surface area contributed by atoms with E-state index in [1.165, 1.54) is 19.2 Å². The van der Waals surface area contributed by atoms with Crippen LogP contribution in [0.1, 0.15) is 17.3 Å². The number of sulfonamides is 1. The van der Waals surface area contributed by atoms with E-state index in [2.05, 4.69) is 4.72 Å². The molecule has 0 aliphatic heterocycles. The standard InChI is InChI=1S/C12H18N2O5S/c1-8(7-19-2)6-14-20(17,18)11-4-3-9(12(15)16)5-10(11)13/h3-5,8,14H,6-7,13H2,1-2H3,(H,15,16). The number of carbonyl (C=O) groups is 1. The monoisotopic (exact) mass is 302 g/mol. The molecule has 20 heavy (non-hydrogen) atoms. The lowest BCUT2D eigenvalue weighted by atomic mass is 10.2. The second kappa shape index (κ2) is 6.69. The predicted octanol–water partition coefficient (Wildman–Crippen LogP) is 0.528. The zero-order chi connectivity index (χ0) is 15.3. The van der Waals surface area contributed by atoms with Crippen LogP contribution in [0.4, 0.5) is 5.69 Å². The Kier molecular flexibility index (Phi) is 5.49. The van der Waals surface area contributed by atoms with E-state index in [4.69, 9.17) is 15.6 Å². The van der Waals surface area contributed by atoms with Crippen LogP contribution in [0.25, 0.3) is 0 Å². The van der Waals surface area contributed by atoms with Gasteiger partial charge in [0.25, 0.3) is 0 Å². The minimum absolute atomic E-state index is 0.00860. The van der Waals surface area contributed by atoms with E-state index in [1.807, 2.05) is 6.92 Å². The first-order chi connectivity index (χ1) is 9.27. The fraction of sp³-hybridized carbons (Fsp3) is 0.417. The quantitative estimate of drug-likeness (QED) is 0.632. The first-order valence-electron chi connectivity index (χ1n) is 5.89. The van der Waals surface area contributed by atoms with Crippen molar-refractivity contribution in [3.8, 4) is 0 Å². The lowest BCUT2D eigenvalue weighted by Gasteiger charge is -2.13. The van der Waals surface area contributed by atoms with E-state index in [0.29, 0.717) is 6.61 Å². The van der Waals surface area contributed by atoms with Crippen LogP contribution >= 0.6 is 0 Å². The first-order valence-corrected chi connectivity index (χ1v) is 7.37. The number of carboxylic acids is 1. The van der Waals surface area contributed by atoms with E-state index in [0.717, 1.165) is 6.07 Å². The van der Waals surface area contributed by atoms with Gasteiger partial charge in [-0.3, -0.25) is 0 Å². The summed E-state index contributed by atoms with van der Waals surface area (Å²) in [5, 5.41) is 8.80. The molecule has 0 aromatic heterocycles. The normalized spacial score (nSPS) is 13.1. The summed E-state index contributed by atoms with van der Waals surface area (Å²) < 4.78 is 31.5. The summed E-state index contributed by atoms with van der Waals surface area (Å²) in [5.41, 5.74) is 5.44. The molecule has 1 rings (SSSR count). The van der Waals surface area contributed by atoms with Crippen molar-refractivity contribution < 1.29 is 23.1 Å². The minimum atomic E-state index is -3.77. The summed E-state index contributed by atoms with van der Waals surface area (Å²) in [7, 11) is -2.23. The largest absolute Gasteiger partial charge is 0.478 e. The molecule has 0 heterocycles. The van der Waals surface area contributed by atoms with Crippen LogP contribution < -0.4 is 10.5 Å². The average Bonchev–Trinajstić information content (AvgIpc) is 2.36. The summed E-state index contributed by atoms with van der Waals surface area (Å²) in [4.78, 5) is 10.6. The van der Waals surface area contributed by atoms with Crippen LogP contribution in [-0.4, -0.2) is 39.8 Å². The van der Waals surface area contributed by atoms with Crippen LogP contribution in [-0.2, 0) is 14.8 Å². The average molecular weight is 302 g/mol. The van der Waals surface area contributed by atoms with Gasteiger partial charge in [-0.15, -0.1) is 0 Å². The van der Waals surface area contributed by atoms with Gasteiger partial charge in [0.05, 0.1) is 11.3 Å². The highest BCUT2D eigenvalue weighted by atomic mass is 32.2. The highest BCUT2D eigenvalue weighted by Crippen LogP contribution is 2.19. The number of rotatable bonds is 7. The topological polar surface area (TPSA) is 119 Å². The van der Waals surface area contributed by atoms with Crippen molar-refractivity contribution in [3.63, 3.8) is 0 Å². The summed E-state index contributed by atoms with van der Waals surface area (Å²) in [5.74, 6) is -1.16. The molecule has 1 unspecified atom stereocenters. The van der Waals surface area contributed by atoms with Gasteiger partial charge in [0.15, 0.2) is 0 Å². The molecule has 0 radical (unpaired) electrons. The van der Waals surface area contributed by atoms with Crippen molar-refractivity contribution >= 4 is 21.7 Å². The third kappa shape index (κ3) is 4.19. The van der Waals surface area contributed by atoms with Gasteiger partial charge in [0.1, 0.15) is 4.90 Å². The zero-order valence-electron chi connectivity index (χ0n) is 11.3. The van der Waals surface area contributed by atoms with Crippen LogP contribution in [0, 0.1) is 5.92 Å². The molecule has 1 atom stereocenters. The summed E-state index contributed by atoms with van der Waals surface area (Å²) >= 11 is 0. The highest BCUT2D eigenvalue weighted by Gasteiger charge is 2.19. The smallest absolute Gasteiger partial charge is 0.335 e. The van der Waals surface area contributed by atoms with E-state index in [9.17, 15) is 13.2 Å². The number of nitrogen functional groups attached to an aromatic ring is 1. The Labute approximate surface area is 117 Å². The number of hydrogen-bond donors (Lipinski definition) is 3. The zero-order valence-corrected chi connectivity index (χ0v) is 12.1. The molecule has 0 saturated heterocycles. The SMILES string of the molecule is COCC(C)CNS(=O)(=O)c1ccc(C(=O)O)cc1N. The number of ether oxygens (including phenoxy) is 1. The molecule has 0 saturated carbocycles. The first kappa shape index (κ1) is 16.4. The molecular formula is C12H18N2O5S.